The fourth-order valence-corrected chi connectivity index (χ4v) is 2.52. The van der Waals surface area contributed by atoms with Crippen molar-refractivity contribution in [3.8, 4) is 0 Å². The molecule has 100 valence electrons. The van der Waals surface area contributed by atoms with E-state index in [0.717, 1.165) is 0 Å². The second-order valence-electron chi connectivity index (χ2n) is 5.81. The minimum atomic E-state index is -0.813. The van der Waals surface area contributed by atoms with Gasteiger partial charge in [-0.05, 0) is 34.1 Å². The Morgan fingerprint density at radius 2 is 1.94 bits per heavy atom. The van der Waals surface area contributed by atoms with Crippen molar-refractivity contribution in [2.24, 2.45) is 0 Å². The molecule has 1 heterocycles. The molecule has 5 heteroatoms. The molecule has 0 bridgehead atoms. The van der Waals surface area contributed by atoms with Crippen LogP contribution in [0.2, 0.25) is 0 Å². The molecule has 0 spiro atoms. The summed E-state index contributed by atoms with van der Waals surface area (Å²) in [4.78, 5) is 11.3. The van der Waals surface area contributed by atoms with Crippen LogP contribution >= 0.6 is 0 Å². The molecule has 1 aliphatic heterocycles. The smallest absolute Gasteiger partial charge is 0.305 e. The maximum absolute atomic E-state index is 11.3. The third-order valence-electron chi connectivity index (χ3n) is 3.42. The van der Waals surface area contributed by atoms with E-state index in [0.29, 0.717) is 6.42 Å². The molecule has 0 amide bonds. The molecular weight excluding hydrogens is 222 g/mol. The third kappa shape index (κ3) is 2.61. The van der Waals surface area contributed by atoms with E-state index in [9.17, 15) is 15.1 Å². The van der Waals surface area contributed by atoms with Crippen molar-refractivity contribution in [3.63, 3.8) is 0 Å². The Morgan fingerprint density at radius 3 is 2.41 bits per heavy atom. The summed E-state index contributed by atoms with van der Waals surface area (Å²) in [5, 5.41) is 21.4. The molecule has 0 aromatic rings. The molecule has 17 heavy (non-hydrogen) atoms. The Morgan fingerprint density at radius 1 is 1.41 bits per heavy atom. The highest BCUT2D eigenvalue weighted by Gasteiger charge is 2.53. The van der Waals surface area contributed by atoms with Gasteiger partial charge in [-0.15, -0.1) is 0 Å². The van der Waals surface area contributed by atoms with Gasteiger partial charge in [0.15, 0.2) is 0 Å². The number of aliphatic hydroxyl groups excluding tert-OH is 1. The van der Waals surface area contributed by atoms with Crippen molar-refractivity contribution in [3.05, 3.63) is 0 Å². The number of esters is 1. The molecular formula is C12H23NO4. The first-order valence-corrected chi connectivity index (χ1v) is 5.99. The number of carbonyl (C=O) groups is 1. The summed E-state index contributed by atoms with van der Waals surface area (Å²) in [5.41, 5.74) is -1.36. The van der Waals surface area contributed by atoms with Gasteiger partial charge in [0, 0.05) is 12.0 Å². The van der Waals surface area contributed by atoms with Crippen LogP contribution in [0.1, 0.15) is 47.5 Å². The lowest BCUT2D eigenvalue weighted by atomic mass is 9.78. The van der Waals surface area contributed by atoms with Crippen LogP contribution in [-0.4, -0.2) is 44.6 Å². The standard InChI is InChI=1S/C12H23NO4/c1-6-9(15)17-10-8(14)7-11(2,3)13(16)12(10,4)5/h8,10,14,16H,6-7H2,1-5H3. The predicted octanol–water partition coefficient (Wildman–Crippen LogP) is 1.32. The van der Waals surface area contributed by atoms with Crippen LogP contribution < -0.4 is 0 Å². The molecule has 1 rings (SSSR count). The van der Waals surface area contributed by atoms with Gasteiger partial charge in [-0.25, -0.2) is 0 Å². The monoisotopic (exact) mass is 245 g/mol. The van der Waals surface area contributed by atoms with Gasteiger partial charge < -0.3 is 15.1 Å². The minimum Gasteiger partial charge on any atom is -0.458 e. The first-order valence-electron chi connectivity index (χ1n) is 5.99. The van der Waals surface area contributed by atoms with Crippen LogP contribution in [0.25, 0.3) is 0 Å². The Labute approximate surface area is 102 Å². The van der Waals surface area contributed by atoms with Gasteiger partial charge in [0.25, 0.3) is 0 Å². The van der Waals surface area contributed by atoms with Crippen molar-refractivity contribution in [2.45, 2.75) is 70.7 Å². The van der Waals surface area contributed by atoms with Crippen molar-refractivity contribution in [2.75, 3.05) is 0 Å². The molecule has 1 aliphatic rings. The van der Waals surface area contributed by atoms with E-state index in [4.69, 9.17) is 4.74 Å². The van der Waals surface area contributed by atoms with Crippen LogP contribution in [-0.2, 0) is 9.53 Å². The Hall–Kier alpha value is -0.650. The van der Waals surface area contributed by atoms with Crippen molar-refractivity contribution >= 4 is 5.97 Å². The molecule has 2 N–H and O–H groups in total. The lowest BCUT2D eigenvalue weighted by Gasteiger charge is -2.53. The second-order valence-corrected chi connectivity index (χ2v) is 5.81. The zero-order valence-corrected chi connectivity index (χ0v) is 11.2. The van der Waals surface area contributed by atoms with E-state index in [1.54, 1.807) is 20.8 Å². The van der Waals surface area contributed by atoms with Crippen LogP contribution in [0.15, 0.2) is 0 Å². The Bertz CT molecular complexity index is 301. The summed E-state index contributed by atoms with van der Waals surface area (Å²) in [6.07, 6.45) is -0.866. The third-order valence-corrected chi connectivity index (χ3v) is 3.42. The minimum absolute atomic E-state index is 0.258. The SMILES string of the molecule is CCC(=O)OC1C(O)CC(C)(C)N(O)C1(C)C. The molecule has 0 aromatic heterocycles. The average molecular weight is 245 g/mol. The Balaban J connectivity index is 2.94. The fraction of sp³-hybridized carbons (Fsp3) is 0.917. The fourth-order valence-electron chi connectivity index (χ4n) is 2.52. The number of aliphatic hydroxyl groups is 1. The summed E-state index contributed by atoms with van der Waals surface area (Å²) in [6, 6.07) is 0. The summed E-state index contributed by atoms with van der Waals surface area (Å²) in [7, 11) is 0. The molecule has 0 saturated carbocycles. The first kappa shape index (κ1) is 14.4. The van der Waals surface area contributed by atoms with Crippen LogP contribution in [0.5, 0.6) is 0 Å². The number of rotatable bonds is 2. The van der Waals surface area contributed by atoms with Crippen molar-refractivity contribution < 1.29 is 19.8 Å². The lowest BCUT2D eigenvalue weighted by molar-refractivity contribution is -0.293. The highest BCUT2D eigenvalue weighted by molar-refractivity contribution is 5.69. The van der Waals surface area contributed by atoms with E-state index < -0.39 is 23.3 Å². The summed E-state index contributed by atoms with van der Waals surface area (Å²) in [5.74, 6) is -0.366. The van der Waals surface area contributed by atoms with Crippen molar-refractivity contribution in [1.82, 2.24) is 5.06 Å². The topological polar surface area (TPSA) is 70.0 Å². The average Bonchev–Trinajstić information content (AvgIpc) is 2.21. The quantitative estimate of drug-likeness (QED) is 0.718. The zero-order chi connectivity index (χ0) is 13.4. The van der Waals surface area contributed by atoms with Crippen LogP contribution in [0.3, 0.4) is 0 Å². The summed E-state index contributed by atoms with van der Waals surface area (Å²) >= 11 is 0. The van der Waals surface area contributed by atoms with E-state index in [1.165, 1.54) is 5.06 Å². The van der Waals surface area contributed by atoms with Gasteiger partial charge >= 0.3 is 5.97 Å². The van der Waals surface area contributed by atoms with Crippen molar-refractivity contribution in [1.29, 1.82) is 0 Å². The van der Waals surface area contributed by atoms with Gasteiger partial charge in [0.1, 0.15) is 6.10 Å². The molecule has 1 saturated heterocycles. The molecule has 0 aliphatic carbocycles. The second kappa shape index (κ2) is 4.55. The number of hydroxylamine groups is 2. The highest BCUT2D eigenvalue weighted by Crippen LogP contribution is 2.38. The van der Waals surface area contributed by atoms with E-state index in [2.05, 4.69) is 0 Å². The number of nitrogens with zero attached hydrogens (tertiary/aromatic N) is 1. The molecule has 2 atom stereocenters. The van der Waals surface area contributed by atoms with Gasteiger partial charge in [-0.3, -0.25) is 4.79 Å². The van der Waals surface area contributed by atoms with Crippen LogP contribution in [0.4, 0.5) is 0 Å². The molecule has 5 nitrogen and oxygen atoms in total. The Kier molecular flexibility index (Phi) is 3.86. The van der Waals surface area contributed by atoms with E-state index in [1.807, 2.05) is 13.8 Å². The van der Waals surface area contributed by atoms with Gasteiger partial charge in [0.05, 0.1) is 11.6 Å². The summed E-state index contributed by atoms with van der Waals surface area (Å²) < 4.78 is 5.24. The molecule has 2 unspecified atom stereocenters. The number of ether oxygens (including phenoxy) is 1. The van der Waals surface area contributed by atoms with Gasteiger partial charge in [0.2, 0.25) is 0 Å². The lowest BCUT2D eigenvalue weighted by Crippen LogP contribution is -2.68. The van der Waals surface area contributed by atoms with E-state index >= 15 is 0 Å². The number of carbonyl (C=O) groups excluding carboxylic acids is 1. The highest BCUT2D eigenvalue weighted by atomic mass is 16.6. The maximum atomic E-state index is 11.3. The summed E-state index contributed by atoms with van der Waals surface area (Å²) in [6.45, 7) is 8.90. The zero-order valence-electron chi connectivity index (χ0n) is 11.2. The van der Waals surface area contributed by atoms with Gasteiger partial charge in [-0.1, -0.05) is 6.92 Å². The van der Waals surface area contributed by atoms with E-state index in [-0.39, 0.29) is 12.4 Å². The maximum Gasteiger partial charge on any atom is 0.305 e. The first-order chi connectivity index (χ1) is 7.63. The largest absolute Gasteiger partial charge is 0.458 e. The van der Waals surface area contributed by atoms with Crippen LogP contribution in [0, 0.1) is 0 Å². The predicted molar refractivity (Wildman–Crippen MR) is 62.6 cm³/mol. The number of hydrogen-bond donors (Lipinski definition) is 2. The number of hydrogen-bond acceptors (Lipinski definition) is 5. The normalized spacial score (nSPS) is 32.2. The number of piperidine rings is 1. The molecule has 0 aromatic carbocycles. The molecule has 0 radical (unpaired) electrons. The molecule has 1 fully saturated rings. The van der Waals surface area contributed by atoms with Gasteiger partial charge in [-0.2, -0.15) is 5.06 Å².